The predicted molar refractivity (Wildman–Crippen MR) is 41.1 cm³/mol. The van der Waals surface area contributed by atoms with E-state index in [-0.39, 0.29) is 6.61 Å². The van der Waals surface area contributed by atoms with Crippen LogP contribution in [0.5, 0.6) is 0 Å². The maximum atomic E-state index is 8.57. The van der Waals surface area contributed by atoms with E-state index in [0.29, 0.717) is 0 Å². The van der Waals surface area contributed by atoms with Crippen molar-refractivity contribution in [3.63, 3.8) is 0 Å². The van der Waals surface area contributed by atoms with E-state index in [1.165, 1.54) is 0 Å². The van der Waals surface area contributed by atoms with Gasteiger partial charge in [0, 0.05) is 13.2 Å². The van der Waals surface area contributed by atoms with E-state index in [9.17, 15) is 0 Å². The maximum Gasteiger partial charge on any atom is 0.0725 e. The van der Waals surface area contributed by atoms with E-state index >= 15 is 0 Å². The second kappa shape index (κ2) is 4.08. The van der Waals surface area contributed by atoms with Crippen molar-refractivity contribution in [3.8, 4) is 0 Å². The molecule has 0 radical (unpaired) electrons. The van der Waals surface area contributed by atoms with Gasteiger partial charge in [0.1, 0.15) is 0 Å². The Morgan fingerprint density at radius 1 is 1.64 bits per heavy atom. The Balaban J connectivity index is 2.54. The molecule has 0 atom stereocenters. The Morgan fingerprint density at radius 3 is 3.09 bits per heavy atom. The van der Waals surface area contributed by atoms with Crippen molar-refractivity contribution in [1.82, 2.24) is 15.0 Å². The first-order valence-electron chi connectivity index (χ1n) is 3.86. The minimum Gasteiger partial charge on any atom is -0.396 e. The van der Waals surface area contributed by atoms with Crippen LogP contribution in [-0.2, 0) is 13.0 Å². The second-order valence-corrected chi connectivity index (χ2v) is 2.38. The zero-order chi connectivity index (χ0) is 8.10. The third kappa shape index (κ3) is 2.01. The van der Waals surface area contributed by atoms with E-state index in [1.54, 1.807) is 6.20 Å². The molecule has 62 valence electrons. The van der Waals surface area contributed by atoms with Crippen LogP contribution >= 0.6 is 0 Å². The molecule has 0 amide bonds. The molecule has 1 N–H and O–H groups in total. The lowest BCUT2D eigenvalue weighted by atomic mass is 10.3. The molecule has 1 aromatic heterocycles. The third-order valence-corrected chi connectivity index (χ3v) is 1.59. The van der Waals surface area contributed by atoms with E-state index in [1.807, 2.05) is 4.68 Å². The third-order valence-electron chi connectivity index (χ3n) is 1.59. The van der Waals surface area contributed by atoms with Gasteiger partial charge in [-0.3, -0.25) is 0 Å². The summed E-state index contributed by atoms with van der Waals surface area (Å²) in [7, 11) is 0. The molecule has 0 aromatic carbocycles. The molecule has 0 saturated carbocycles. The number of aliphatic hydroxyl groups excluding tert-OH is 1. The fraction of sp³-hybridized carbons (Fsp3) is 0.714. The van der Waals surface area contributed by atoms with Crippen molar-refractivity contribution in [2.45, 2.75) is 26.3 Å². The second-order valence-electron chi connectivity index (χ2n) is 2.38. The molecule has 0 saturated heterocycles. The van der Waals surface area contributed by atoms with Gasteiger partial charge in [-0.1, -0.05) is 12.1 Å². The molecule has 0 aliphatic carbocycles. The first-order chi connectivity index (χ1) is 5.38. The van der Waals surface area contributed by atoms with Gasteiger partial charge in [0.2, 0.25) is 0 Å². The minimum atomic E-state index is 0.211. The van der Waals surface area contributed by atoms with Gasteiger partial charge in [0.15, 0.2) is 0 Å². The molecule has 11 heavy (non-hydrogen) atoms. The van der Waals surface area contributed by atoms with Gasteiger partial charge in [-0.2, -0.15) is 0 Å². The lowest BCUT2D eigenvalue weighted by Crippen LogP contribution is -2.05. The Labute approximate surface area is 65.8 Å². The van der Waals surface area contributed by atoms with Crippen LogP contribution in [0.2, 0.25) is 0 Å². The first kappa shape index (κ1) is 8.20. The lowest BCUT2D eigenvalue weighted by Gasteiger charge is -2.01. The fourth-order valence-corrected chi connectivity index (χ4v) is 0.961. The number of hydrogen-bond donors (Lipinski definition) is 1. The van der Waals surface area contributed by atoms with Crippen molar-refractivity contribution in [1.29, 1.82) is 0 Å². The smallest absolute Gasteiger partial charge is 0.0725 e. The molecule has 0 aliphatic heterocycles. The van der Waals surface area contributed by atoms with Crippen LogP contribution in [0.4, 0.5) is 0 Å². The van der Waals surface area contributed by atoms with E-state index in [0.717, 1.165) is 25.1 Å². The van der Waals surface area contributed by atoms with E-state index in [2.05, 4.69) is 17.2 Å². The van der Waals surface area contributed by atoms with Gasteiger partial charge in [-0.05, 0) is 12.8 Å². The van der Waals surface area contributed by atoms with E-state index < -0.39 is 0 Å². The van der Waals surface area contributed by atoms with Crippen LogP contribution in [0.3, 0.4) is 0 Å². The van der Waals surface area contributed by atoms with Crippen molar-refractivity contribution < 1.29 is 5.11 Å². The van der Waals surface area contributed by atoms with Crippen LogP contribution in [0.15, 0.2) is 6.20 Å². The van der Waals surface area contributed by atoms with Crippen LogP contribution in [0, 0.1) is 0 Å². The minimum absolute atomic E-state index is 0.211. The Bertz CT molecular complexity index is 209. The first-order valence-corrected chi connectivity index (χ1v) is 3.86. The van der Waals surface area contributed by atoms with Crippen molar-refractivity contribution in [2.75, 3.05) is 6.61 Å². The van der Waals surface area contributed by atoms with Crippen LogP contribution in [0.1, 0.15) is 19.0 Å². The molecule has 0 fully saturated rings. The number of aromatic nitrogens is 3. The van der Waals surface area contributed by atoms with Crippen molar-refractivity contribution >= 4 is 0 Å². The predicted octanol–water partition coefficient (Wildman–Crippen LogP) is 0.223. The quantitative estimate of drug-likeness (QED) is 0.676. The number of aliphatic hydroxyl groups is 1. The van der Waals surface area contributed by atoms with Gasteiger partial charge >= 0.3 is 0 Å². The highest BCUT2D eigenvalue weighted by molar-refractivity contribution is 4.92. The van der Waals surface area contributed by atoms with Gasteiger partial charge in [0.25, 0.3) is 0 Å². The Kier molecular flexibility index (Phi) is 3.04. The molecule has 0 bridgehead atoms. The number of hydrogen-bond acceptors (Lipinski definition) is 3. The molecule has 1 rings (SSSR count). The standard InChI is InChI=1S/C7H13N3O/c1-2-7-6-8-9-10(7)4-3-5-11/h6,11H,2-5H2,1H3. The summed E-state index contributed by atoms with van der Waals surface area (Å²) < 4.78 is 1.83. The Hall–Kier alpha value is -0.900. The summed E-state index contributed by atoms with van der Waals surface area (Å²) >= 11 is 0. The molecular formula is C7H13N3O. The monoisotopic (exact) mass is 155 g/mol. The largest absolute Gasteiger partial charge is 0.396 e. The topological polar surface area (TPSA) is 50.9 Å². The number of nitrogens with zero attached hydrogens (tertiary/aromatic N) is 3. The summed E-state index contributed by atoms with van der Waals surface area (Å²) in [6.45, 7) is 3.04. The van der Waals surface area contributed by atoms with Gasteiger partial charge in [-0.25, -0.2) is 4.68 Å². The fourth-order valence-electron chi connectivity index (χ4n) is 0.961. The highest BCUT2D eigenvalue weighted by Gasteiger charge is 1.98. The lowest BCUT2D eigenvalue weighted by molar-refractivity contribution is 0.275. The highest BCUT2D eigenvalue weighted by Crippen LogP contribution is 1.97. The van der Waals surface area contributed by atoms with Crippen LogP contribution in [0.25, 0.3) is 0 Å². The van der Waals surface area contributed by atoms with Gasteiger partial charge in [0.05, 0.1) is 11.9 Å². The average Bonchev–Trinajstić information content (AvgIpc) is 2.47. The van der Waals surface area contributed by atoms with Gasteiger partial charge < -0.3 is 5.11 Å². The van der Waals surface area contributed by atoms with Gasteiger partial charge in [-0.15, -0.1) is 5.10 Å². The van der Waals surface area contributed by atoms with Crippen molar-refractivity contribution in [3.05, 3.63) is 11.9 Å². The summed E-state index contributed by atoms with van der Waals surface area (Å²) in [4.78, 5) is 0. The molecule has 0 spiro atoms. The molecule has 4 heteroatoms. The number of rotatable bonds is 4. The zero-order valence-electron chi connectivity index (χ0n) is 6.69. The highest BCUT2D eigenvalue weighted by atomic mass is 16.3. The molecular weight excluding hydrogens is 142 g/mol. The summed E-state index contributed by atoms with van der Waals surface area (Å²) in [6, 6.07) is 0. The summed E-state index contributed by atoms with van der Waals surface area (Å²) in [6.07, 6.45) is 3.45. The molecule has 4 nitrogen and oxygen atoms in total. The molecule has 0 unspecified atom stereocenters. The molecule has 0 aliphatic rings. The number of aryl methyl sites for hydroxylation is 2. The maximum absolute atomic E-state index is 8.57. The molecule has 1 aromatic rings. The van der Waals surface area contributed by atoms with E-state index in [4.69, 9.17) is 5.11 Å². The van der Waals surface area contributed by atoms with Crippen LogP contribution < -0.4 is 0 Å². The van der Waals surface area contributed by atoms with Crippen molar-refractivity contribution in [2.24, 2.45) is 0 Å². The summed E-state index contributed by atoms with van der Waals surface area (Å²) in [5, 5.41) is 16.2. The zero-order valence-corrected chi connectivity index (χ0v) is 6.69. The van der Waals surface area contributed by atoms with Crippen LogP contribution in [-0.4, -0.2) is 26.7 Å². The molecule has 1 heterocycles. The average molecular weight is 155 g/mol. The Morgan fingerprint density at radius 2 is 2.45 bits per heavy atom. The summed E-state index contributed by atoms with van der Waals surface area (Å²) in [5.41, 5.74) is 1.12. The SMILES string of the molecule is CCc1cnnn1CCCO. The summed E-state index contributed by atoms with van der Waals surface area (Å²) in [5.74, 6) is 0. The normalized spacial score (nSPS) is 10.4.